The molecular formula is C14H20FN5O. The molecule has 1 aromatic carbocycles. The number of hydrogen-bond acceptors (Lipinski definition) is 5. The minimum atomic E-state index is -0.470. The van der Waals surface area contributed by atoms with Crippen LogP contribution in [0.1, 0.15) is 20.3 Å². The zero-order chi connectivity index (χ0) is 15.2. The van der Waals surface area contributed by atoms with Gasteiger partial charge in [-0.2, -0.15) is 0 Å². The predicted molar refractivity (Wildman–Crippen MR) is 77.9 cm³/mol. The van der Waals surface area contributed by atoms with Crippen molar-refractivity contribution in [3.05, 3.63) is 24.0 Å². The van der Waals surface area contributed by atoms with Gasteiger partial charge in [0.05, 0.1) is 5.69 Å². The van der Waals surface area contributed by atoms with E-state index in [-0.39, 0.29) is 5.69 Å². The molecule has 0 saturated heterocycles. The first-order chi connectivity index (χ1) is 10.1. The van der Waals surface area contributed by atoms with Crippen molar-refractivity contribution in [3.63, 3.8) is 0 Å². The number of aryl methyl sites for hydroxylation is 1. The molecule has 2 aromatic rings. The van der Waals surface area contributed by atoms with E-state index >= 15 is 0 Å². The predicted octanol–water partition coefficient (Wildman–Crippen LogP) is 2.12. The number of nitrogens with zero attached hydrogens (tertiary/aromatic N) is 4. The second kappa shape index (κ2) is 7.12. The lowest BCUT2D eigenvalue weighted by Crippen LogP contribution is -2.08. The van der Waals surface area contributed by atoms with Gasteiger partial charge in [0, 0.05) is 25.3 Å². The van der Waals surface area contributed by atoms with Gasteiger partial charge in [-0.25, -0.2) is 9.07 Å². The van der Waals surface area contributed by atoms with Gasteiger partial charge >= 0.3 is 0 Å². The highest BCUT2D eigenvalue weighted by molar-refractivity contribution is 5.58. The van der Waals surface area contributed by atoms with E-state index in [1.807, 2.05) is 0 Å². The van der Waals surface area contributed by atoms with Crippen LogP contribution in [-0.2, 0) is 11.3 Å². The highest BCUT2D eigenvalue weighted by Crippen LogP contribution is 2.20. The molecule has 0 radical (unpaired) electrons. The molecule has 7 heteroatoms. The molecular weight excluding hydrogens is 273 g/mol. The van der Waals surface area contributed by atoms with Gasteiger partial charge in [0.25, 0.3) is 0 Å². The first-order valence-corrected chi connectivity index (χ1v) is 6.97. The summed E-state index contributed by atoms with van der Waals surface area (Å²) in [6.45, 7) is 6.22. The van der Waals surface area contributed by atoms with E-state index in [0.29, 0.717) is 30.5 Å². The number of nitrogen functional groups attached to an aromatic ring is 1. The fourth-order valence-corrected chi connectivity index (χ4v) is 1.86. The van der Waals surface area contributed by atoms with Crippen LogP contribution in [0.5, 0.6) is 0 Å². The van der Waals surface area contributed by atoms with Gasteiger partial charge in [0.2, 0.25) is 0 Å². The number of benzene rings is 1. The van der Waals surface area contributed by atoms with Crippen LogP contribution in [0.25, 0.3) is 11.4 Å². The molecule has 0 unspecified atom stereocenters. The lowest BCUT2D eigenvalue weighted by molar-refractivity contribution is 0.105. The number of aromatic nitrogens is 4. The summed E-state index contributed by atoms with van der Waals surface area (Å²) < 4.78 is 20.7. The van der Waals surface area contributed by atoms with Crippen molar-refractivity contribution in [2.24, 2.45) is 5.92 Å². The molecule has 2 N–H and O–H groups in total. The molecule has 1 aromatic heterocycles. The van der Waals surface area contributed by atoms with Crippen LogP contribution < -0.4 is 5.73 Å². The Balaban J connectivity index is 1.96. The maximum atomic E-state index is 13.5. The summed E-state index contributed by atoms with van der Waals surface area (Å²) in [7, 11) is 0. The topological polar surface area (TPSA) is 78.8 Å². The van der Waals surface area contributed by atoms with Crippen molar-refractivity contribution >= 4 is 5.69 Å². The van der Waals surface area contributed by atoms with Crippen LogP contribution in [0.15, 0.2) is 18.2 Å². The molecule has 0 aliphatic carbocycles. The number of anilines is 1. The van der Waals surface area contributed by atoms with Gasteiger partial charge in [-0.15, -0.1) is 5.10 Å². The molecule has 0 spiro atoms. The van der Waals surface area contributed by atoms with Crippen LogP contribution in [0.4, 0.5) is 10.1 Å². The molecule has 0 atom stereocenters. The first-order valence-electron chi connectivity index (χ1n) is 6.97. The Hall–Kier alpha value is -2.02. The molecule has 0 saturated carbocycles. The number of rotatable bonds is 7. The Morgan fingerprint density at radius 2 is 2.19 bits per heavy atom. The molecule has 0 aliphatic rings. The fraction of sp³-hybridized carbons (Fsp3) is 0.500. The number of tetrazole rings is 1. The van der Waals surface area contributed by atoms with E-state index in [2.05, 4.69) is 29.4 Å². The normalized spacial score (nSPS) is 11.2. The third-order valence-electron chi connectivity index (χ3n) is 2.90. The Labute approximate surface area is 123 Å². The minimum Gasteiger partial charge on any atom is -0.396 e. The molecule has 0 bridgehead atoms. The Morgan fingerprint density at radius 1 is 1.38 bits per heavy atom. The standard InChI is InChI=1S/C14H20FN5O/c1-10(2)9-21-7-3-6-20-14(17-18-19-20)11-4-5-13(16)12(15)8-11/h4-5,8,10H,3,6-7,9,16H2,1-2H3. The molecule has 6 nitrogen and oxygen atoms in total. The molecule has 114 valence electrons. The monoisotopic (exact) mass is 293 g/mol. The highest BCUT2D eigenvalue weighted by Gasteiger charge is 2.10. The number of ether oxygens (including phenoxy) is 1. The summed E-state index contributed by atoms with van der Waals surface area (Å²) in [4.78, 5) is 0. The summed E-state index contributed by atoms with van der Waals surface area (Å²) in [6.07, 6.45) is 0.794. The third-order valence-corrected chi connectivity index (χ3v) is 2.90. The Morgan fingerprint density at radius 3 is 2.90 bits per heavy atom. The van der Waals surface area contributed by atoms with E-state index in [4.69, 9.17) is 10.5 Å². The van der Waals surface area contributed by atoms with Crippen molar-refractivity contribution in [2.45, 2.75) is 26.8 Å². The second-order valence-corrected chi connectivity index (χ2v) is 5.28. The highest BCUT2D eigenvalue weighted by atomic mass is 19.1. The van der Waals surface area contributed by atoms with E-state index in [0.717, 1.165) is 13.0 Å². The molecule has 1 heterocycles. The minimum absolute atomic E-state index is 0.111. The summed E-state index contributed by atoms with van der Waals surface area (Å²) in [5.41, 5.74) is 6.19. The fourth-order valence-electron chi connectivity index (χ4n) is 1.86. The van der Waals surface area contributed by atoms with Crippen LogP contribution in [0.2, 0.25) is 0 Å². The summed E-state index contributed by atoms with van der Waals surface area (Å²) in [5.74, 6) is 0.575. The SMILES string of the molecule is CC(C)COCCCn1nnnc1-c1ccc(N)c(F)c1. The molecule has 21 heavy (non-hydrogen) atoms. The largest absolute Gasteiger partial charge is 0.396 e. The van der Waals surface area contributed by atoms with Gasteiger partial charge in [0.1, 0.15) is 5.82 Å². The summed E-state index contributed by atoms with van der Waals surface area (Å²) in [6, 6.07) is 4.55. The van der Waals surface area contributed by atoms with Crippen molar-refractivity contribution in [3.8, 4) is 11.4 Å². The molecule has 0 aliphatic heterocycles. The third kappa shape index (κ3) is 4.22. The number of nitrogens with two attached hydrogens (primary N) is 1. The number of halogens is 1. The first kappa shape index (κ1) is 15.4. The maximum absolute atomic E-state index is 13.5. The van der Waals surface area contributed by atoms with Gasteiger partial charge < -0.3 is 10.5 Å². The van der Waals surface area contributed by atoms with E-state index in [1.165, 1.54) is 12.1 Å². The molecule has 0 fully saturated rings. The lowest BCUT2D eigenvalue weighted by Gasteiger charge is -2.08. The average Bonchev–Trinajstić information content (AvgIpc) is 2.89. The van der Waals surface area contributed by atoms with Crippen molar-refractivity contribution in [1.82, 2.24) is 20.2 Å². The quantitative estimate of drug-likeness (QED) is 0.625. The van der Waals surface area contributed by atoms with Gasteiger partial charge in [-0.05, 0) is 41.0 Å². The zero-order valence-corrected chi connectivity index (χ0v) is 12.3. The van der Waals surface area contributed by atoms with Crippen molar-refractivity contribution in [2.75, 3.05) is 18.9 Å². The van der Waals surface area contributed by atoms with Crippen LogP contribution in [0.3, 0.4) is 0 Å². The zero-order valence-electron chi connectivity index (χ0n) is 12.3. The smallest absolute Gasteiger partial charge is 0.182 e. The van der Waals surface area contributed by atoms with Crippen molar-refractivity contribution < 1.29 is 9.13 Å². The second-order valence-electron chi connectivity index (χ2n) is 5.28. The van der Waals surface area contributed by atoms with Crippen LogP contribution >= 0.6 is 0 Å². The Kier molecular flexibility index (Phi) is 5.21. The number of hydrogen-bond donors (Lipinski definition) is 1. The average molecular weight is 293 g/mol. The van der Waals surface area contributed by atoms with E-state index in [9.17, 15) is 4.39 Å². The van der Waals surface area contributed by atoms with Gasteiger partial charge in [0.15, 0.2) is 5.82 Å². The maximum Gasteiger partial charge on any atom is 0.182 e. The van der Waals surface area contributed by atoms with Crippen molar-refractivity contribution in [1.29, 1.82) is 0 Å². The molecule has 2 rings (SSSR count). The Bertz CT molecular complexity index is 584. The van der Waals surface area contributed by atoms with Crippen LogP contribution in [0, 0.1) is 11.7 Å². The van der Waals surface area contributed by atoms with E-state index in [1.54, 1.807) is 10.7 Å². The van der Waals surface area contributed by atoms with Gasteiger partial charge in [-0.1, -0.05) is 13.8 Å². The van der Waals surface area contributed by atoms with Gasteiger partial charge in [-0.3, -0.25) is 0 Å². The molecule has 0 amide bonds. The van der Waals surface area contributed by atoms with E-state index < -0.39 is 5.82 Å². The summed E-state index contributed by atoms with van der Waals surface area (Å²) >= 11 is 0. The van der Waals surface area contributed by atoms with Crippen LogP contribution in [-0.4, -0.2) is 33.4 Å². The lowest BCUT2D eigenvalue weighted by atomic mass is 10.2. The summed E-state index contributed by atoms with van der Waals surface area (Å²) in [5, 5.41) is 11.5.